The van der Waals surface area contributed by atoms with E-state index in [1.807, 2.05) is 13.0 Å². The highest BCUT2D eigenvalue weighted by Crippen LogP contribution is 2.64. The summed E-state index contributed by atoms with van der Waals surface area (Å²) >= 11 is 5.56. The molecule has 64 valence electrons. The molecule has 0 aliphatic heterocycles. The number of rotatable bonds is 1. The SMILES string of the molecule is CC1=CC=C[C@H]2[C@@H]1[C@]2(C)C(=O)Cl. The Hall–Kier alpha value is -0.560. The van der Waals surface area contributed by atoms with Crippen LogP contribution >= 0.6 is 11.6 Å². The van der Waals surface area contributed by atoms with Gasteiger partial charge in [0.25, 0.3) is 0 Å². The van der Waals surface area contributed by atoms with Gasteiger partial charge >= 0.3 is 0 Å². The van der Waals surface area contributed by atoms with E-state index in [1.165, 1.54) is 5.57 Å². The lowest BCUT2D eigenvalue weighted by molar-refractivity contribution is -0.116. The third-order valence-corrected chi connectivity index (χ3v) is 3.59. The molecule has 0 amide bonds. The summed E-state index contributed by atoms with van der Waals surface area (Å²) in [7, 11) is 0. The van der Waals surface area contributed by atoms with Crippen molar-refractivity contribution in [3.8, 4) is 0 Å². The summed E-state index contributed by atoms with van der Waals surface area (Å²) in [5.41, 5.74) is 0.966. The normalized spacial score (nSPS) is 43.4. The van der Waals surface area contributed by atoms with Gasteiger partial charge in [-0.05, 0) is 24.4 Å². The molecule has 2 aliphatic carbocycles. The zero-order valence-electron chi connectivity index (χ0n) is 7.17. The highest BCUT2D eigenvalue weighted by Gasteiger charge is 2.65. The maximum atomic E-state index is 11.1. The molecule has 0 aromatic carbocycles. The lowest BCUT2D eigenvalue weighted by atomic mass is 10.0. The van der Waals surface area contributed by atoms with Crippen LogP contribution in [0.3, 0.4) is 0 Å². The number of hydrogen-bond donors (Lipinski definition) is 0. The Labute approximate surface area is 77.1 Å². The van der Waals surface area contributed by atoms with E-state index in [4.69, 9.17) is 11.6 Å². The standard InChI is InChI=1S/C10H11ClO/c1-6-4-3-5-7-8(6)10(7,2)9(11)12/h3-5,7-8H,1-2H3/t7-,8+,10+/m0/s1. The van der Waals surface area contributed by atoms with Gasteiger partial charge in [0, 0.05) is 5.92 Å². The van der Waals surface area contributed by atoms with Crippen molar-refractivity contribution in [1.29, 1.82) is 0 Å². The summed E-state index contributed by atoms with van der Waals surface area (Å²) in [5.74, 6) is 0.722. The molecule has 0 unspecified atom stereocenters. The van der Waals surface area contributed by atoms with Crippen LogP contribution < -0.4 is 0 Å². The number of carbonyl (C=O) groups is 1. The molecule has 12 heavy (non-hydrogen) atoms. The zero-order valence-corrected chi connectivity index (χ0v) is 7.93. The van der Waals surface area contributed by atoms with Gasteiger partial charge in [-0.15, -0.1) is 0 Å². The third-order valence-electron chi connectivity index (χ3n) is 3.18. The van der Waals surface area contributed by atoms with Crippen LogP contribution in [0, 0.1) is 17.3 Å². The smallest absolute Gasteiger partial charge is 0.228 e. The number of carbonyl (C=O) groups excluding carboxylic acids is 1. The molecule has 1 saturated carbocycles. The summed E-state index contributed by atoms with van der Waals surface area (Å²) in [4.78, 5) is 11.1. The first-order valence-electron chi connectivity index (χ1n) is 4.13. The third kappa shape index (κ3) is 0.776. The number of hydrogen-bond acceptors (Lipinski definition) is 1. The van der Waals surface area contributed by atoms with Gasteiger partial charge in [0.2, 0.25) is 5.24 Å². The Morgan fingerprint density at radius 2 is 2.33 bits per heavy atom. The fourth-order valence-electron chi connectivity index (χ4n) is 2.30. The average Bonchev–Trinajstić information content (AvgIpc) is 2.61. The maximum absolute atomic E-state index is 11.1. The van der Waals surface area contributed by atoms with E-state index < -0.39 is 0 Å². The Kier molecular flexibility index (Phi) is 1.50. The first-order valence-corrected chi connectivity index (χ1v) is 4.51. The quantitative estimate of drug-likeness (QED) is 0.570. The van der Waals surface area contributed by atoms with Gasteiger partial charge in [0.05, 0.1) is 5.41 Å². The average molecular weight is 183 g/mol. The first kappa shape index (κ1) is 8.06. The lowest BCUT2D eigenvalue weighted by Gasteiger charge is -2.03. The molecule has 0 N–H and O–H groups in total. The van der Waals surface area contributed by atoms with E-state index in [0.717, 1.165) is 0 Å². The van der Waals surface area contributed by atoms with E-state index in [2.05, 4.69) is 19.1 Å². The van der Waals surface area contributed by atoms with Gasteiger partial charge < -0.3 is 0 Å². The molecule has 0 bridgehead atoms. The first-order chi connectivity index (χ1) is 5.58. The Morgan fingerprint density at radius 3 is 2.83 bits per heavy atom. The van der Waals surface area contributed by atoms with Gasteiger partial charge in [-0.25, -0.2) is 0 Å². The molecule has 2 rings (SSSR count). The predicted octanol–water partition coefficient (Wildman–Crippen LogP) is 2.52. The fraction of sp³-hybridized carbons (Fsp3) is 0.500. The molecule has 1 nitrogen and oxygen atoms in total. The fourth-order valence-corrected chi connectivity index (χ4v) is 2.54. The van der Waals surface area contributed by atoms with Crippen molar-refractivity contribution in [2.75, 3.05) is 0 Å². The minimum atomic E-state index is -0.310. The molecule has 1 fully saturated rings. The van der Waals surface area contributed by atoms with E-state index in [1.54, 1.807) is 0 Å². The second-order valence-corrected chi connectivity index (χ2v) is 4.20. The summed E-state index contributed by atoms with van der Waals surface area (Å²) in [6.45, 7) is 4.01. The van der Waals surface area contributed by atoms with Crippen molar-refractivity contribution in [2.45, 2.75) is 13.8 Å². The van der Waals surface area contributed by atoms with Gasteiger partial charge in [-0.2, -0.15) is 0 Å². The molecule has 0 saturated heterocycles. The summed E-state index contributed by atoms with van der Waals surface area (Å²) < 4.78 is 0. The largest absolute Gasteiger partial charge is 0.281 e. The summed E-state index contributed by atoms with van der Waals surface area (Å²) in [5, 5.41) is -0.197. The Balaban J connectivity index is 2.34. The molecular formula is C10H11ClO. The molecule has 2 aliphatic rings. The van der Waals surface area contributed by atoms with Crippen molar-refractivity contribution in [3.63, 3.8) is 0 Å². The van der Waals surface area contributed by atoms with E-state index >= 15 is 0 Å². The second kappa shape index (κ2) is 2.23. The minimum absolute atomic E-state index is 0.197. The highest BCUT2D eigenvalue weighted by molar-refractivity contribution is 6.65. The van der Waals surface area contributed by atoms with Crippen LogP contribution in [0.4, 0.5) is 0 Å². The molecular weight excluding hydrogens is 172 g/mol. The molecule has 2 heteroatoms. The number of fused-ring (bicyclic) bond motifs is 1. The highest BCUT2D eigenvalue weighted by atomic mass is 35.5. The molecule has 0 radical (unpaired) electrons. The minimum Gasteiger partial charge on any atom is -0.281 e. The van der Waals surface area contributed by atoms with Crippen molar-refractivity contribution in [3.05, 3.63) is 23.8 Å². The van der Waals surface area contributed by atoms with Gasteiger partial charge in [0.15, 0.2) is 0 Å². The van der Waals surface area contributed by atoms with Crippen molar-refractivity contribution in [1.82, 2.24) is 0 Å². The molecule has 0 aromatic rings. The van der Waals surface area contributed by atoms with Gasteiger partial charge in [-0.3, -0.25) is 4.79 Å². The van der Waals surface area contributed by atoms with Gasteiger partial charge in [0.1, 0.15) is 0 Å². The lowest BCUT2D eigenvalue weighted by Crippen LogP contribution is -2.08. The molecule has 0 heterocycles. The van der Waals surface area contributed by atoms with Crippen LogP contribution in [0.1, 0.15) is 13.8 Å². The van der Waals surface area contributed by atoms with Crippen molar-refractivity contribution in [2.24, 2.45) is 17.3 Å². The summed E-state index contributed by atoms with van der Waals surface area (Å²) in [6.07, 6.45) is 6.16. The van der Waals surface area contributed by atoms with E-state index in [9.17, 15) is 4.79 Å². The predicted molar refractivity (Wildman–Crippen MR) is 48.8 cm³/mol. The molecule has 3 atom stereocenters. The van der Waals surface area contributed by atoms with Crippen LogP contribution in [-0.4, -0.2) is 5.24 Å². The Morgan fingerprint density at radius 1 is 1.67 bits per heavy atom. The van der Waals surface area contributed by atoms with E-state index in [0.29, 0.717) is 11.8 Å². The van der Waals surface area contributed by atoms with Crippen LogP contribution in [0.5, 0.6) is 0 Å². The van der Waals surface area contributed by atoms with Crippen LogP contribution in [0.15, 0.2) is 23.8 Å². The van der Waals surface area contributed by atoms with Crippen molar-refractivity contribution < 1.29 is 4.79 Å². The maximum Gasteiger partial charge on any atom is 0.228 e. The Bertz CT molecular complexity index is 303. The van der Waals surface area contributed by atoms with Gasteiger partial charge in [-0.1, -0.05) is 30.7 Å². The number of halogens is 1. The zero-order chi connectivity index (χ0) is 8.93. The topological polar surface area (TPSA) is 17.1 Å². The van der Waals surface area contributed by atoms with E-state index in [-0.39, 0.29) is 10.7 Å². The molecule has 0 aromatic heterocycles. The number of allylic oxidation sites excluding steroid dienone is 4. The van der Waals surface area contributed by atoms with Crippen LogP contribution in [-0.2, 0) is 4.79 Å². The summed E-state index contributed by atoms with van der Waals surface area (Å²) in [6, 6.07) is 0. The second-order valence-electron chi connectivity index (χ2n) is 3.86. The monoisotopic (exact) mass is 182 g/mol. The molecule has 0 spiro atoms. The van der Waals surface area contributed by atoms with Crippen LogP contribution in [0.25, 0.3) is 0 Å². The van der Waals surface area contributed by atoms with Crippen molar-refractivity contribution >= 4 is 16.8 Å². The van der Waals surface area contributed by atoms with Crippen LogP contribution in [0.2, 0.25) is 0 Å².